The van der Waals surface area contributed by atoms with E-state index in [0.29, 0.717) is 0 Å². The summed E-state index contributed by atoms with van der Waals surface area (Å²) in [7, 11) is -10.8. The van der Waals surface area contributed by atoms with E-state index in [1.165, 1.54) is 38.5 Å². The summed E-state index contributed by atoms with van der Waals surface area (Å²) < 4.78 is 17.1. The molecule has 0 aliphatic carbocycles. The number of hydrogen-bond acceptors (Lipinski definition) is 8. The zero-order valence-corrected chi connectivity index (χ0v) is 12.7. The normalized spacial score (nSPS) is 9.80. The maximum atomic E-state index is 8.55. The van der Waals surface area contributed by atoms with Gasteiger partial charge in [-0.3, -0.25) is 0 Å². The Balaban J connectivity index is -0.0000000558. The van der Waals surface area contributed by atoms with Gasteiger partial charge in [-0.1, -0.05) is 59.8 Å². The van der Waals surface area contributed by atoms with Crippen molar-refractivity contribution in [1.82, 2.24) is 0 Å². The molecule has 0 atom stereocenters. The van der Waals surface area contributed by atoms with Gasteiger partial charge in [-0.15, -0.1) is 0 Å². The van der Waals surface area contributed by atoms with Crippen molar-refractivity contribution in [3.05, 3.63) is 0 Å². The predicted molar refractivity (Wildman–Crippen MR) is 64.6 cm³/mol. The number of phosphoric acid groups is 2. The Labute approximate surface area is 120 Å². The van der Waals surface area contributed by atoms with Crippen molar-refractivity contribution in [3.8, 4) is 0 Å². The minimum atomic E-state index is -5.39. The van der Waals surface area contributed by atoms with E-state index in [9.17, 15) is 0 Å². The Morgan fingerprint density at radius 2 is 0.800 bits per heavy atom. The standard InChI is InChI=1S/C8H18.CH4.2H3O4P.H2O/c1-3-5-7-8-6-4-2;;2*1-5(2,3)4;/h3-8H2,1-2H3;1H4;2*(H3,1,2,3,4);1H2/p-6. The number of rotatable bonds is 5. The van der Waals surface area contributed by atoms with Crippen molar-refractivity contribution in [1.29, 1.82) is 0 Å². The van der Waals surface area contributed by atoms with E-state index < -0.39 is 15.6 Å². The first-order valence-electron chi connectivity index (χ1n) is 5.37. The van der Waals surface area contributed by atoms with E-state index in [4.69, 9.17) is 38.5 Å². The van der Waals surface area contributed by atoms with Gasteiger partial charge in [-0.2, -0.15) is 15.6 Å². The predicted octanol–water partition coefficient (Wildman–Crippen LogP) is -2.47. The molecule has 0 aliphatic rings. The lowest BCUT2D eigenvalue weighted by Gasteiger charge is -2.36. The second kappa shape index (κ2) is 19.2. The Morgan fingerprint density at radius 1 is 0.650 bits per heavy atom. The van der Waals surface area contributed by atoms with Crippen molar-refractivity contribution >= 4 is 15.6 Å². The second-order valence-corrected chi connectivity index (χ2v) is 5.10. The lowest BCUT2D eigenvalue weighted by molar-refractivity contribution is -0.434. The monoisotopic (exact) mass is 338 g/mol. The van der Waals surface area contributed by atoms with Crippen molar-refractivity contribution in [2.75, 3.05) is 0 Å². The van der Waals surface area contributed by atoms with Gasteiger partial charge in [0.2, 0.25) is 0 Å². The minimum absolute atomic E-state index is 0. The Bertz CT molecular complexity index is 205. The van der Waals surface area contributed by atoms with Crippen LogP contribution in [0.3, 0.4) is 0 Å². The quantitative estimate of drug-likeness (QED) is 0.387. The van der Waals surface area contributed by atoms with Crippen molar-refractivity contribution in [2.24, 2.45) is 0 Å². The van der Waals surface area contributed by atoms with Crippen LogP contribution < -0.4 is 29.4 Å². The van der Waals surface area contributed by atoms with Crippen LogP contribution in [0.25, 0.3) is 0 Å². The molecular weight excluding hydrogens is 314 g/mol. The summed E-state index contributed by atoms with van der Waals surface area (Å²) in [4.78, 5) is 51.3. The van der Waals surface area contributed by atoms with Gasteiger partial charge in [-0.25, -0.2) is 0 Å². The van der Waals surface area contributed by atoms with Crippen LogP contribution in [0.1, 0.15) is 59.8 Å². The first-order valence-corrected chi connectivity index (χ1v) is 8.30. The summed E-state index contributed by atoms with van der Waals surface area (Å²) in [6, 6.07) is 0. The molecule has 0 heterocycles. The summed E-state index contributed by atoms with van der Waals surface area (Å²) in [5.74, 6) is 0. The van der Waals surface area contributed by atoms with Crippen LogP contribution in [0, 0.1) is 0 Å². The van der Waals surface area contributed by atoms with Gasteiger partial charge in [0.05, 0.1) is 0 Å². The Kier molecular flexibility index (Phi) is 30.9. The third kappa shape index (κ3) is 200. The van der Waals surface area contributed by atoms with Crippen LogP contribution in [0.2, 0.25) is 0 Å². The Hall–Kier alpha value is 0.180. The fraction of sp³-hybridized carbons (Fsp3) is 1.00. The topological polar surface area (TPSA) is 204 Å². The molecule has 0 bridgehead atoms. The molecule has 0 fully saturated rings. The molecule has 0 aliphatic heterocycles. The zero-order valence-electron chi connectivity index (χ0n) is 10.9. The maximum Gasteiger partial charge on any atom is -0.0533 e. The third-order valence-electron chi connectivity index (χ3n) is 1.46. The number of hydrogen-bond donors (Lipinski definition) is 0. The second-order valence-electron chi connectivity index (χ2n) is 3.31. The van der Waals surface area contributed by atoms with E-state index in [-0.39, 0.29) is 12.9 Å². The smallest absolute Gasteiger partial charge is 0.0533 e. The maximum absolute atomic E-state index is 8.55. The van der Waals surface area contributed by atoms with Gasteiger partial charge < -0.3 is 44.0 Å². The molecule has 0 unspecified atom stereocenters. The van der Waals surface area contributed by atoms with Crippen molar-refractivity contribution in [3.63, 3.8) is 0 Å². The molecule has 0 saturated heterocycles. The fourth-order valence-electron chi connectivity index (χ4n) is 0.854. The molecule has 0 rings (SSSR count). The van der Waals surface area contributed by atoms with Crippen LogP contribution >= 0.6 is 15.6 Å². The lowest BCUT2D eigenvalue weighted by Crippen LogP contribution is -2.24. The largest absolute Gasteiger partial charge is 0.822 e. The Morgan fingerprint density at radius 3 is 0.900 bits per heavy atom. The van der Waals surface area contributed by atoms with E-state index in [2.05, 4.69) is 13.8 Å². The molecule has 0 amide bonds. The summed E-state index contributed by atoms with van der Waals surface area (Å²) in [6.45, 7) is 4.51. The highest BCUT2D eigenvalue weighted by atomic mass is 31.2. The molecule has 0 aromatic carbocycles. The van der Waals surface area contributed by atoms with E-state index >= 15 is 0 Å². The highest BCUT2D eigenvalue weighted by Gasteiger charge is 1.83. The van der Waals surface area contributed by atoms with Crippen molar-refractivity contribution < 1.29 is 44.0 Å². The summed E-state index contributed by atoms with van der Waals surface area (Å²) in [6.07, 6.45) is 8.49. The minimum Gasteiger partial charge on any atom is -0.822 e. The van der Waals surface area contributed by atoms with Crippen LogP contribution in [-0.4, -0.2) is 5.48 Å². The number of unbranched alkanes of at least 4 members (excludes halogenated alkanes) is 5. The molecular formula is C9H24O9P2-6. The van der Waals surface area contributed by atoms with E-state index in [1.807, 2.05) is 0 Å². The highest BCUT2D eigenvalue weighted by Crippen LogP contribution is 2.04. The van der Waals surface area contributed by atoms with Crippen LogP contribution in [0.5, 0.6) is 0 Å². The molecule has 0 saturated carbocycles. The SMILES string of the molecule is C.CCCCCCCC.O.O=P([O-])([O-])[O-].O=P([O-])([O-])[O-]. The highest BCUT2D eigenvalue weighted by molar-refractivity contribution is 7.40. The molecule has 0 radical (unpaired) electrons. The van der Waals surface area contributed by atoms with Gasteiger partial charge in [0, 0.05) is 0 Å². The van der Waals surface area contributed by atoms with Gasteiger partial charge >= 0.3 is 0 Å². The summed E-state index contributed by atoms with van der Waals surface area (Å²) >= 11 is 0. The van der Waals surface area contributed by atoms with Crippen LogP contribution in [0.15, 0.2) is 0 Å². The summed E-state index contributed by atoms with van der Waals surface area (Å²) in [5, 5.41) is 0. The first-order chi connectivity index (χ1) is 7.91. The van der Waals surface area contributed by atoms with Gasteiger partial charge in [0.15, 0.2) is 0 Å². The van der Waals surface area contributed by atoms with Crippen molar-refractivity contribution in [2.45, 2.75) is 59.8 Å². The lowest BCUT2D eigenvalue weighted by atomic mass is 10.1. The molecule has 9 nitrogen and oxygen atoms in total. The average Bonchev–Trinajstić information content (AvgIpc) is 2.07. The van der Waals surface area contributed by atoms with E-state index in [0.717, 1.165) is 0 Å². The summed E-state index contributed by atoms with van der Waals surface area (Å²) in [5.41, 5.74) is 0. The molecule has 0 spiro atoms. The van der Waals surface area contributed by atoms with Gasteiger partial charge in [0.25, 0.3) is 0 Å². The van der Waals surface area contributed by atoms with Gasteiger partial charge in [0.1, 0.15) is 0 Å². The van der Waals surface area contributed by atoms with Crippen LogP contribution in [-0.2, 0) is 9.13 Å². The molecule has 0 aromatic rings. The molecule has 2 N–H and O–H groups in total. The molecule has 130 valence electrons. The molecule has 20 heavy (non-hydrogen) atoms. The third-order valence-corrected chi connectivity index (χ3v) is 1.46. The van der Waals surface area contributed by atoms with Crippen LogP contribution in [0.4, 0.5) is 0 Å². The van der Waals surface area contributed by atoms with E-state index in [1.54, 1.807) is 0 Å². The first kappa shape index (κ1) is 32.2. The van der Waals surface area contributed by atoms with Gasteiger partial charge in [-0.05, 0) is 0 Å². The fourth-order valence-corrected chi connectivity index (χ4v) is 0.854. The molecule has 11 heteroatoms. The average molecular weight is 338 g/mol. The zero-order chi connectivity index (χ0) is 15.2. The molecule has 0 aromatic heterocycles.